The van der Waals surface area contributed by atoms with Crippen molar-refractivity contribution < 1.29 is 38.4 Å². The fourth-order valence-electron chi connectivity index (χ4n) is 10.3. The molecule has 0 aliphatic heterocycles. The fraction of sp³-hybridized carbons (Fsp3) is 0.115. The second-order valence-corrected chi connectivity index (χ2v) is 21.2. The van der Waals surface area contributed by atoms with Gasteiger partial charge in [0.2, 0.25) is 23.1 Å². The van der Waals surface area contributed by atoms with Crippen LogP contribution < -0.4 is 18.1 Å². The van der Waals surface area contributed by atoms with E-state index in [1.165, 1.54) is 45.3 Å². The highest BCUT2D eigenvalue weighted by atomic mass is 32.1. The van der Waals surface area contributed by atoms with Crippen molar-refractivity contribution >= 4 is 114 Å². The maximum absolute atomic E-state index is 13.8. The quantitative estimate of drug-likeness (QED) is 0.204. The van der Waals surface area contributed by atoms with Crippen molar-refractivity contribution in [2.75, 3.05) is 0 Å². The second kappa shape index (κ2) is 13.4. The van der Waals surface area contributed by atoms with E-state index in [4.69, 9.17) is 0 Å². The molecular formula is C52H26O8S4. The van der Waals surface area contributed by atoms with Gasteiger partial charge in [0.1, 0.15) is 0 Å². The minimum atomic E-state index is -0.498. The lowest BCUT2D eigenvalue weighted by molar-refractivity contribution is -0.114. The molecule has 4 aromatic heterocycles. The molecule has 7 aromatic rings. The van der Waals surface area contributed by atoms with E-state index in [9.17, 15) is 38.4 Å². The van der Waals surface area contributed by atoms with Crippen molar-refractivity contribution in [3.63, 3.8) is 0 Å². The fourth-order valence-corrected chi connectivity index (χ4v) is 14.8. The highest BCUT2D eigenvalue weighted by molar-refractivity contribution is 7.12. The zero-order chi connectivity index (χ0) is 43.4. The van der Waals surface area contributed by atoms with Crippen LogP contribution in [0.5, 0.6) is 0 Å². The van der Waals surface area contributed by atoms with Crippen LogP contribution >= 0.6 is 45.3 Å². The normalized spacial score (nSPS) is 21.6. The molecule has 6 aliphatic rings. The third-order valence-corrected chi connectivity index (χ3v) is 18.0. The molecule has 4 heterocycles. The SMILES string of the molecule is O=C1Cc2cc3c(cc2C1=O)/C(=c1\cc/c(=c2\cc/c(=C4/C(=O)Cc5cc6c(cc54)/C(=c4\cc/c(=c5\cc/c(=C7/C(=O)Cc8cc9c(cc87)C(=O)C(=O)C9)s5)s4)C(=O)C6)s2)s1)C(=O)C3. The molecule has 0 atom stereocenters. The smallest absolute Gasteiger partial charge is 0.229 e. The van der Waals surface area contributed by atoms with Crippen molar-refractivity contribution in [3.05, 3.63) is 188 Å². The summed E-state index contributed by atoms with van der Waals surface area (Å²) in [5.74, 6) is -1.83. The Morgan fingerprint density at radius 1 is 0.250 bits per heavy atom. The van der Waals surface area contributed by atoms with Gasteiger partial charge in [-0.05, 0) is 122 Å². The standard InChI is InChI=1S/C52H26O8S4/c53-33-12-21-9-22-13-34(54)48(44-6-2-40(62-44)42-4-8-46(64-42)50-30-20-32-26(17-38(58)52(32)60)11-24(30)15-36(50)56)28(22)18-27(21)47(33)43-5-1-39(61-43)41-3-7-45(63-41)49-29-19-31-25(16-37(57)51(31)59)10-23(29)14-35(49)55/h1-11,18-20H,12-17H2/b41-39-,42-40-,47-43-,48-44-,49-45-,50-46-. The highest BCUT2D eigenvalue weighted by Crippen LogP contribution is 2.38. The van der Waals surface area contributed by atoms with Crippen LogP contribution in [0.4, 0.5) is 0 Å². The van der Waals surface area contributed by atoms with Crippen LogP contribution in [0.1, 0.15) is 76.4 Å². The van der Waals surface area contributed by atoms with Crippen LogP contribution in [0.3, 0.4) is 0 Å². The maximum Gasteiger partial charge on any atom is 0.229 e. The molecule has 0 N–H and O–H groups in total. The molecule has 0 bridgehead atoms. The molecule has 0 fully saturated rings. The molecule has 6 aliphatic carbocycles. The zero-order valence-corrected chi connectivity index (χ0v) is 36.5. The van der Waals surface area contributed by atoms with E-state index in [0.717, 1.165) is 69.6 Å². The zero-order valence-electron chi connectivity index (χ0n) is 33.2. The third-order valence-electron chi connectivity index (χ3n) is 13.2. The van der Waals surface area contributed by atoms with Crippen LogP contribution in [0.25, 0.3) is 22.3 Å². The number of hydrogen-bond donors (Lipinski definition) is 0. The number of ketones is 8. The van der Waals surface area contributed by atoms with Crippen LogP contribution in [-0.4, -0.2) is 46.3 Å². The van der Waals surface area contributed by atoms with E-state index in [1.54, 1.807) is 12.1 Å². The number of hydrogen-bond acceptors (Lipinski definition) is 12. The first-order valence-electron chi connectivity index (χ1n) is 20.6. The summed E-state index contributed by atoms with van der Waals surface area (Å²) in [6, 6.07) is 26.8. The van der Waals surface area contributed by atoms with Gasteiger partial charge in [-0.1, -0.05) is 18.2 Å². The van der Waals surface area contributed by atoms with Gasteiger partial charge in [0.15, 0.2) is 23.1 Å². The lowest BCUT2D eigenvalue weighted by Gasteiger charge is -2.05. The van der Waals surface area contributed by atoms with Gasteiger partial charge in [0.05, 0.1) is 0 Å². The predicted octanol–water partition coefficient (Wildman–Crippen LogP) is 4.42. The summed E-state index contributed by atoms with van der Waals surface area (Å²) in [6.45, 7) is 0. The minimum Gasteiger partial charge on any atom is -0.294 e. The van der Waals surface area contributed by atoms with Crippen LogP contribution in [0, 0.1) is 18.1 Å². The Hall–Kier alpha value is -6.70. The molecule has 306 valence electrons. The molecule has 64 heavy (non-hydrogen) atoms. The third kappa shape index (κ3) is 5.43. The van der Waals surface area contributed by atoms with Crippen molar-refractivity contribution in [1.29, 1.82) is 0 Å². The summed E-state index contributed by atoms with van der Waals surface area (Å²) in [5.41, 5.74) is 11.1. The van der Waals surface area contributed by atoms with E-state index in [2.05, 4.69) is 0 Å². The number of rotatable bonds is 0. The van der Waals surface area contributed by atoms with Gasteiger partial charge in [0, 0.05) is 108 Å². The molecule has 13 rings (SSSR count). The Kier molecular flexibility index (Phi) is 7.93. The van der Waals surface area contributed by atoms with Crippen molar-refractivity contribution in [1.82, 2.24) is 0 Å². The molecule has 0 radical (unpaired) electrons. The Bertz CT molecular complexity index is 3810. The summed E-state index contributed by atoms with van der Waals surface area (Å²) in [5, 5.41) is 0. The number of carbonyl (C=O) groups is 8. The molecular weight excluding hydrogens is 881 g/mol. The average Bonchev–Trinajstić information content (AvgIpc) is 4.11. The first-order valence-corrected chi connectivity index (χ1v) is 23.9. The lowest BCUT2D eigenvalue weighted by Crippen LogP contribution is -2.08. The maximum atomic E-state index is 13.8. The van der Waals surface area contributed by atoms with Gasteiger partial charge in [-0.15, -0.1) is 45.3 Å². The van der Waals surface area contributed by atoms with Crippen LogP contribution in [0.15, 0.2) is 84.9 Å². The van der Waals surface area contributed by atoms with Gasteiger partial charge in [0.25, 0.3) is 0 Å². The molecule has 12 heteroatoms. The number of thiophene rings is 4. The highest BCUT2D eigenvalue weighted by Gasteiger charge is 2.36. The summed E-state index contributed by atoms with van der Waals surface area (Å²) < 4.78 is 7.00. The van der Waals surface area contributed by atoms with Crippen molar-refractivity contribution in [2.45, 2.75) is 38.5 Å². The molecule has 3 aromatic carbocycles. The number of carbonyl (C=O) groups excluding carboxylic acids is 8. The molecule has 0 unspecified atom stereocenters. The summed E-state index contributed by atoms with van der Waals surface area (Å²) >= 11 is 5.98. The van der Waals surface area contributed by atoms with Gasteiger partial charge < -0.3 is 0 Å². The van der Waals surface area contributed by atoms with Gasteiger partial charge in [-0.2, -0.15) is 0 Å². The van der Waals surface area contributed by atoms with Gasteiger partial charge in [-0.25, -0.2) is 0 Å². The van der Waals surface area contributed by atoms with E-state index >= 15 is 0 Å². The largest absolute Gasteiger partial charge is 0.294 e. The number of fused-ring (bicyclic) bond motifs is 6. The number of Topliss-reactive ketones (excluding diaryl/α,β-unsaturated/α-hetero) is 8. The first kappa shape index (κ1) is 37.8. The minimum absolute atomic E-state index is 0.0190. The molecule has 0 amide bonds. The van der Waals surface area contributed by atoms with Crippen LogP contribution in [-0.2, 0) is 67.3 Å². The van der Waals surface area contributed by atoms with E-state index < -0.39 is 23.1 Å². The Balaban J connectivity index is 0.899. The van der Waals surface area contributed by atoms with Crippen molar-refractivity contribution in [3.8, 4) is 0 Å². The monoisotopic (exact) mass is 906 g/mol. The lowest BCUT2D eigenvalue weighted by atomic mass is 9.98. The predicted molar refractivity (Wildman–Crippen MR) is 241 cm³/mol. The number of benzene rings is 3. The Morgan fingerprint density at radius 2 is 0.469 bits per heavy atom. The second-order valence-electron chi connectivity index (χ2n) is 16.9. The summed E-state index contributed by atoms with van der Waals surface area (Å²) in [4.78, 5) is 103. The van der Waals surface area contributed by atoms with Gasteiger partial charge in [-0.3, -0.25) is 38.4 Å². The molecule has 8 nitrogen and oxygen atoms in total. The summed E-state index contributed by atoms with van der Waals surface area (Å²) in [7, 11) is 0. The average molecular weight is 907 g/mol. The molecule has 0 spiro atoms. The van der Waals surface area contributed by atoms with Gasteiger partial charge >= 0.3 is 0 Å². The van der Waals surface area contributed by atoms with Crippen LogP contribution in [0.2, 0.25) is 0 Å². The van der Waals surface area contributed by atoms with Crippen molar-refractivity contribution in [2.24, 2.45) is 0 Å². The first-order chi connectivity index (χ1) is 30.9. The summed E-state index contributed by atoms with van der Waals surface area (Å²) in [6.07, 6.45) is 1.12. The van der Waals surface area contributed by atoms with E-state index in [1.807, 2.05) is 72.8 Å². The van der Waals surface area contributed by atoms with E-state index in [0.29, 0.717) is 55.7 Å². The molecule has 0 saturated carbocycles. The Morgan fingerprint density at radius 3 is 0.750 bits per heavy atom. The van der Waals surface area contributed by atoms with E-state index in [-0.39, 0.29) is 61.7 Å². The topological polar surface area (TPSA) is 137 Å². The Labute approximate surface area is 376 Å². The molecule has 0 saturated heterocycles.